The number of hydrogen-bond acceptors (Lipinski definition) is 3. The first kappa shape index (κ1) is 12.7. The van der Waals surface area contributed by atoms with Gasteiger partial charge in [0, 0.05) is 11.8 Å². The van der Waals surface area contributed by atoms with Crippen LogP contribution < -0.4 is 5.32 Å². The van der Waals surface area contributed by atoms with E-state index in [1.54, 1.807) is 0 Å². The molecule has 0 fully saturated rings. The van der Waals surface area contributed by atoms with Gasteiger partial charge in [0.05, 0.1) is 12.2 Å². The third-order valence-corrected chi connectivity index (χ3v) is 2.91. The molecule has 0 atom stereocenters. The molecule has 1 N–H and O–H groups in total. The zero-order chi connectivity index (χ0) is 13.0. The van der Waals surface area contributed by atoms with Crippen LogP contribution in [0.4, 0.5) is 0 Å². The van der Waals surface area contributed by atoms with E-state index in [1.165, 1.54) is 5.56 Å². The number of hydrogen-bond donors (Lipinski definition) is 1. The average Bonchev–Trinajstić information content (AvgIpc) is 2.39. The van der Waals surface area contributed by atoms with E-state index >= 15 is 0 Å². The second-order valence-corrected chi connectivity index (χ2v) is 4.67. The van der Waals surface area contributed by atoms with Gasteiger partial charge in [-0.1, -0.05) is 38.1 Å². The quantitative estimate of drug-likeness (QED) is 0.894. The summed E-state index contributed by atoms with van der Waals surface area (Å²) in [7, 11) is 1.90. The molecule has 94 valence electrons. The van der Waals surface area contributed by atoms with Crippen molar-refractivity contribution in [2.24, 2.45) is 0 Å². The van der Waals surface area contributed by atoms with Gasteiger partial charge in [-0.15, -0.1) is 0 Å². The first-order valence-electron chi connectivity index (χ1n) is 6.27. The molecule has 0 saturated carbocycles. The fraction of sp³-hybridized carbons (Fsp3) is 0.333. The van der Waals surface area contributed by atoms with E-state index in [0.29, 0.717) is 12.5 Å². The van der Waals surface area contributed by atoms with Gasteiger partial charge in [-0.05, 0) is 24.6 Å². The Morgan fingerprint density at radius 1 is 1.11 bits per heavy atom. The molecule has 2 aromatic rings. The lowest BCUT2D eigenvalue weighted by Gasteiger charge is -2.07. The fourth-order valence-electron chi connectivity index (χ4n) is 1.84. The van der Waals surface area contributed by atoms with Crippen molar-refractivity contribution >= 4 is 0 Å². The van der Waals surface area contributed by atoms with Crippen LogP contribution in [0.5, 0.6) is 0 Å². The molecule has 0 radical (unpaired) electrons. The van der Waals surface area contributed by atoms with Crippen LogP contribution >= 0.6 is 0 Å². The average molecular weight is 241 g/mol. The van der Waals surface area contributed by atoms with Crippen molar-refractivity contribution in [2.45, 2.75) is 26.3 Å². The van der Waals surface area contributed by atoms with Crippen LogP contribution in [0.3, 0.4) is 0 Å². The molecule has 0 saturated heterocycles. The van der Waals surface area contributed by atoms with E-state index < -0.39 is 0 Å². The third kappa shape index (κ3) is 2.93. The minimum absolute atomic E-state index is 0.560. The van der Waals surface area contributed by atoms with Crippen molar-refractivity contribution < 1.29 is 0 Å². The van der Waals surface area contributed by atoms with Gasteiger partial charge in [0.15, 0.2) is 0 Å². The van der Waals surface area contributed by atoms with Crippen LogP contribution in [0.1, 0.15) is 31.2 Å². The molecule has 1 heterocycles. The van der Waals surface area contributed by atoms with Gasteiger partial charge in [0.2, 0.25) is 0 Å². The monoisotopic (exact) mass is 241 g/mol. The molecule has 0 bridgehead atoms. The Bertz CT molecular complexity index is 503. The van der Waals surface area contributed by atoms with Crippen molar-refractivity contribution in [3.63, 3.8) is 0 Å². The molecule has 1 aromatic heterocycles. The van der Waals surface area contributed by atoms with Crippen molar-refractivity contribution in [1.82, 2.24) is 15.3 Å². The largest absolute Gasteiger partial charge is 0.313 e. The molecule has 0 unspecified atom stereocenters. The molecule has 0 aliphatic rings. The van der Waals surface area contributed by atoms with Gasteiger partial charge < -0.3 is 5.32 Å². The minimum atomic E-state index is 0.560. The number of rotatable bonds is 4. The van der Waals surface area contributed by atoms with Gasteiger partial charge in [0.1, 0.15) is 5.82 Å². The van der Waals surface area contributed by atoms with Crippen LogP contribution in [0.15, 0.2) is 36.5 Å². The highest BCUT2D eigenvalue weighted by Crippen LogP contribution is 2.20. The summed E-state index contributed by atoms with van der Waals surface area (Å²) in [6, 6.07) is 10.5. The van der Waals surface area contributed by atoms with E-state index in [0.717, 1.165) is 17.1 Å². The van der Waals surface area contributed by atoms with Gasteiger partial charge in [-0.2, -0.15) is 0 Å². The molecule has 3 nitrogen and oxygen atoms in total. The summed E-state index contributed by atoms with van der Waals surface area (Å²) in [5, 5.41) is 3.06. The van der Waals surface area contributed by atoms with E-state index in [4.69, 9.17) is 0 Å². The number of nitrogens with zero attached hydrogens (tertiary/aromatic N) is 2. The summed E-state index contributed by atoms with van der Waals surface area (Å²) in [6.07, 6.45) is 1.81. The van der Waals surface area contributed by atoms with Gasteiger partial charge >= 0.3 is 0 Å². The first-order chi connectivity index (χ1) is 8.70. The third-order valence-electron chi connectivity index (χ3n) is 2.91. The van der Waals surface area contributed by atoms with Gasteiger partial charge in [0.25, 0.3) is 0 Å². The van der Waals surface area contributed by atoms with Crippen LogP contribution in [-0.4, -0.2) is 17.0 Å². The lowest BCUT2D eigenvalue weighted by Crippen LogP contribution is -2.09. The van der Waals surface area contributed by atoms with Gasteiger partial charge in [-0.25, -0.2) is 9.97 Å². The van der Waals surface area contributed by atoms with E-state index in [1.807, 2.05) is 19.3 Å². The molecule has 3 heteroatoms. The molecule has 0 amide bonds. The summed E-state index contributed by atoms with van der Waals surface area (Å²) < 4.78 is 0. The summed E-state index contributed by atoms with van der Waals surface area (Å²) in [5.41, 5.74) is 3.47. The smallest absolute Gasteiger partial charge is 0.142 e. The first-order valence-corrected chi connectivity index (χ1v) is 6.27. The predicted molar refractivity (Wildman–Crippen MR) is 74.3 cm³/mol. The standard InChI is InChI=1S/C15H19N3/c1-11(2)12-4-6-13(7-5-12)14-8-9-17-15(18-14)10-16-3/h4-9,11,16H,10H2,1-3H3. The van der Waals surface area contributed by atoms with Gasteiger partial charge in [-0.3, -0.25) is 0 Å². The van der Waals surface area contributed by atoms with Crippen molar-refractivity contribution in [2.75, 3.05) is 7.05 Å². The summed E-state index contributed by atoms with van der Waals surface area (Å²) >= 11 is 0. The van der Waals surface area contributed by atoms with E-state index in [9.17, 15) is 0 Å². The van der Waals surface area contributed by atoms with Crippen LogP contribution in [0.2, 0.25) is 0 Å². The lowest BCUT2D eigenvalue weighted by atomic mass is 10.0. The zero-order valence-electron chi connectivity index (χ0n) is 11.1. The highest BCUT2D eigenvalue weighted by molar-refractivity contribution is 5.59. The highest BCUT2D eigenvalue weighted by atomic mass is 14.9. The Hall–Kier alpha value is -1.74. The minimum Gasteiger partial charge on any atom is -0.313 e. The molecule has 0 spiro atoms. The molecule has 18 heavy (non-hydrogen) atoms. The van der Waals surface area contributed by atoms with E-state index in [2.05, 4.69) is 53.4 Å². The second-order valence-electron chi connectivity index (χ2n) is 4.67. The molecular weight excluding hydrogens is 222 g/mol. The summed E-state index contributed by atoms with van der Waals surface area (Å²) in [6.45, 7) is 5.09. The predicted octanol–water partition coefficient (Wildman–Crippen LogP) is 2.99. The molecular formula is C15H19N3. The fourth-order valence-corrected chi connectivity index (χ4v) is 1.84. The molecule has 2 rings (SSSR count). The second kappa shape index (κ2) is 5.74. The molecule has 0 aliphatic carbocycles. The zero-order valence-corrected chi connectivity index (χ0v) is 11.1. The Morgan fingerprint density at radius 3 is 2.44 bits per heavy atom. The maximum absolute atomic E-state index is 4.53. The topological polar surface area (TPSA) is 37.8 Å². The molecule has 0 aliphatic heterocycles. The highest BCUT2D eigenvalue weighted by Gasteiger charge is 2.03. The maximum atomic E-state index is 4.53. The Kier molecular flexibility index (Phi) is 4.05. The van der Waals surface area contributed by atoms with Crippen LogP contribution in [0.25, 0.3) is 11.3 Å². The normalized spacial score (nSPS) is 10.9. The van der Waals surface area contributed by atoms with Crippen molar-refractivity contribution in [3.05, 3.63) is 47.9 Å². The Labute approximate surface area is 108 Å². The van der Waals surface area contributed by atoms with Crippen molar-refractivity contribution in [3.8, 4) is 11.3 Å². The van der Waals surface area contributed by atoms with Crippen molar-refractivity contribution in [1.29, 1.82) is 0 Å². The molecule has 1 aromatic carbocycles. The Balaban J connectivity index is 2.27. The van der Waals surface area contributed by atoms with Crippen LogP contribution in [0, 0.1) is 0 Å². The number of nitrogens with one attached hydrogen (secondary N) is 1. The maximum Gasteiger partial charge on any atom is 0.142 e. The SMILES string of the molecule is CNCc1nccc(-c2ccc(C(C)C)cc2)n1. The number of aromatic nitrogens is 2. The summed E-state index contributed by atoms with van der Waals surface area (Å²) in [4.78, 5) is 8.76. The lowest BCUT2D eigenvalue weighted by molar-refractivity contribution is 0.759. The number of benzene rings is 1. The Morgan fingerprint density at radius 2 is 1.83 bits per heavy atom. The van der Waals surface area contributed by atoms with E-state index in [-0.39, 0.29) is 0 Å². The summed E-state index contributed by atoms with van der Waals surface area (Å²) in [5.74, 6) is 1.38. The van der Waals surface area contributed by atoms with Crippen LogP contribution in [-0.2, 0) is 6.54 Å².